The molecule has 2 atom stereocenters. The lowest BCUT2D eigenvalue weighted by Gasteiger charge is -2.35. The molecule has 0 spiro atoms. The van der Waals surface area contributed by atoms with E-state index in [1.807, 2.05) is 30.9 Å². The normalized spacial score (nSPS) is 22.9. The van der Waals surface area contributed by atoms with Gasteiger partial charge in [0.05, 0.1) is 24.7 Å². The lowest BCUT2D eigenvalue weighted by atomic mass is 10.1. The first kappa shape index (κ1) is 13.6. The van der Waals surface area contributed by atoms with E-state index in [4.69, 9.17) is 10.00 Å². The number of amides is 1. The molecule has 1 aromatic rings. The zero-order valence-corrected chi connectivity index (χ0v) is 11.3. The van der Waals surface area contributed by atoms with Crippen molar-refractivity contribution in [1.29, 1.82) is 5.26 Å². The van der Waals surface area contributed by atoms with Gasteiger partial charge in [-0.1, -0.05) is 12.1 Å². The molecular weight excluding hydrogens is 240 g/mol. The number of hydrogen-bond donors (Lipinski definition) is 0. The fourth-order valence-electron chi connectivity index (χ4n) is 2.38. The number of benzene rings is 1. The molecule has 2 rings (SSSR count). The predicted octanol–water partition coefficient (Wildman–Crippen LogP) is 2.00. The Morgan fingerprint density at radius 3 is 2.42 bits per heavy atom. The van der Waals surface area contributed by atoms with Crippen molar-refractivity contribution >= 4 is 5.91 Å². The van der Waals surface area contributed by atoms with Gasteiger partial charge in [0.15, 0.2) is 0 Å². The summed E-state index contributed by atoms with van der Waals surface area (Å²) in [6.45, 7) is 5.21. The van der Waals surface area contributed by atoms with Crippen LogP contribution in [0.2, 0.25) is 0 Å². The van der Waals surface area contributed by atoms with Crippen LogP contribution >= 0.6 is 0 Å². The Bertz CT molecular complexity index is 480. The third kappa shape index (κ3) is 3.33. The zero-order valence-electron chi connectivity index (χ0n) is 11.3. The van der Waals surface area contributed by atoms with Crippen LogP contribution in [0.25, 0.3) is 0 Å². The first-order valence-corrected chi connectivity index (χ1v) is 6.50. The zero-order chi connectivity index (χ0) is 13.8. The van der Waals surface area contributed by atoms with Gasteiger partial charge >= 0.3 is 0 Å². The Morgan fingerprint density at radius 2 is 1.89 bits per heavy atom. The van der Waals surface area contributed by atoms with Gasteiger partial charge in [-0.25, -0.2) is 0 Å². The monoisotopic (exact) mass is 258 g/mol. The molecule has 0 radical (unpaired) electrons. The van der Waals surface area contributed by atoms with Crippen LogP contribution < -0.4 is 0 Å². The molecule has 1 fully saturated rings. The van der Waals surface area contributed by atoms with Gasteiger partial charge < -0.3 is 9.64 Å². The summed E-state index contributed by atoms with van der Waals surface area (Å²) < 4.78 is 5.62. The van der Waals surface area contributed by atoms with E-state index >= 15 is 0 Å². The second kappa shape index (κ2) is 5.85. The van der Waals surface area contributed by atoms with Crippen molar-refractivity contribution in [2.45, 2.75) is 32.5 Å². The smallest absolute Gasteiger partial charge is 0.254 e. The number of hydrogen-bond acceptors (Lipinski definition) is 3. The number of ether oxygens (including phenoxy) is 1. The van der Waals surface area contributed by atoms with E-state index in [0.29, 0.717) is 25.1 Å². The Kier molecular flexibility index (Phi) is 4.18. The highest BCUT2D eigenvalue weighted by Crippen LogP contribution is 2.15. The average Bonchev–Trinajstić information content (AvgIpc) is 2.38. The van der Waals surface area contributed by atoms with Gasteiger partial charge in [-0.05, 0) is 31.5 Å². The first-order chi connectivity index (χ1) is 9.10. The highest BCUT2D eigenvalue weighted by Gasteiger charge is 2.26. The van der Waals surface area contributed by atoms with E-state index in [1.165, 1.54) is 0 Å². The van der Waals surface area contributed by atoms with Crippen LogP contribution in [0.5, 0.6) is 0 Å². The van der Waals surface area contributed by atoms with Crippen molar-refractivity contribution in [3.05, 3.63) is 35.4 Å². The Balaban J connectivity index is 2.08. The van der Waals surface area contributed by atoms with E-state index in [9.17, 15) is 4.79 Å². The van der Waals surface area contributed by atoms with Crippen molar-refractivity contribution in [2.24, 2.45) is 0 Å². The molecule has 1 amide bonds. The summed E-state index contributed by atoms with van der Waals surface area (Å²) in [5, 5.41) is 8.62. The van der Waals surface area contributed by atoms with E-state index in [-0.39, 0.29) is 18.1 Å². The Labute approximate surface area is 113 Å². The average molecular weight is 258 g/mol. The predicted molar refractivity (Wildman–Crippen MR) is 71.7 cm³/mol. The molecule has 0 aliphatic carbocycles. The van der Waals surface area contributed by atoms with Gasteiger partial charge in [0.1, 0.15) is 0 Å². The molecular formula is C15H18N2O2. The molecule has 0 bridgehead atoms. The molecule has 4 nitrogen and oxygen atoms in total. The van der Waals surface area contributed by atoms with Crippen molar-refractivity contribution in [2.75, 3.05) is 13.1 Å². The first-order valence-electron chi connectivity index (χ1n) is 6.50. The Morgan fingerprint density at radius 1 is 1.32 bits per heavy atom. The summed E-state index contributed by atoms with van der Waals surface area (Å²) in [7, 11) is 0. The summed E-state index contributed by atoms with van der Waals surface area (Å²) in [6, 6.07) is 9.35. The quantitative estimate of drug-likeness (QED) is 0.815. The summed E-state index contributed by atoms with van der Waals surface area (Å²) in [4.78, 5) is 14.2. The maximum absolute atomic E-state index is 12.4. The molecule has 0 saturated carbocycles. The maximum Gasteiger partial charge on any atom is 0.254 e. The molecule has 0 N–H and O–H groups in total. The van der Waals surface area contributed by atoms with Gasteiger partial charge in [0, 0.05) is 18.7 Å². The molecule has 1 aliphatic heterocycles. The summed E-state index contributed by atoms with van der Waals surface area (Å²) in [5.41, 5.74) is 1.60. The second-order valence-electron chi connectivity index (χ2n) is 5.00. The highest BCUT2D eigenvalue weighted by atomic mass is 16.5. The molecule has 1 aliphatic rings. The van der Waals surface area contributed by atoms with Gasteiger partial charge in [-0.3, -0.25) is 4.79 Å². The van der Waals surface area contributed by atoms with E-state index < -0.39 is 0 Å². The number of carbonyl (C=O) groups excluding carboxylic acids is 1. The van der Waals surface area contributed by atoms with Crippen LogP contribution in [-0.2, 0) is 11.2 Å². The number of nitriles is 1. The van der Waals surface area contributed by atoms with Crippen molar-refractivity contribution in [3.63, 3.8) is 0 Å². The molecule has 0 aromatic heterocycles. The van der Waals surface area contributed by atoms with E-state index in [1.54, 1.807) is 12.1 Å². The standard InChI is InChI=1S/C15H18N2O2/c1-11-9-17(10-12(2)19-11)15(18)14-5-3-13(4-6-14)7-8-16/h3-6,11-12H,7,9-10H2,1-2H3. The van der Waals surface area contributed by atoms with E-state index in [2.05, 4.69) is 6.07 Å². The molecule has 1 heterocycles. The number of morpholine rings is 1. The summed E-state index contributed by atoms with van der Waals surface area (Å²) >= 11 is 0. The minimum absolute atomic E-state index is 0.0329. The van der Waals surface area contributed by atoms with Crippen molar-refractivity contribution < 1.29 is 9.53 Å². The number of carbonyl (C=O) groups is 1. The van der Waals surface area contributed by atoms with Crippen LogP contribution in [0.1, 0.15) is 29.8 Å². The van der Waals surface area contributed by atoms with Gasteiger partial charge in [0.25, 0.3) is 5.91 Å². The third-order valence-corrected chi connectivity index (χ3v) is 3.19. The summed E-state index contributed by atoms with van der Waals surface area (Å²) in [6.07, 6.45) is 0.524. The van der Waals surface area contributed by atoms with E-state index in [0.717, 1.165) is 5.56 Å². The molecule has 1 aromatic carbocycles. The second-order valence-corrected chi connectivity index (χ2v) is 5.00. The fourth-order valence-corrected chi connectivity index (χ4v) is 2.38. The maximum atomic E-state index is 12.4. The fraction of sp³-hybridized carbons (Fsp3) is 0.467. The minimum Gasteiger partial charge on any atom is -0.372 e. The van der Waals surface area contributed by atoms with Crippen LogP contribution in [0.3, 0.4) is 0 Å². The lowest BCUT2D eigenvalue weighted by Crippen LogP contribution is -2.48. The summed E-state index contributed by atoms with van der Waals surface area (Å²) in [5.74, 6) is 0.0329. The molecule has 1 saturated heterocycles. The lowest BCUT2D eigenvalue weighted by molar-refractivity contribution is -0.0586. The van der Waals surface area contributed by atoms with Crippen molar-refractivity contribution in [3.8, 4) is 6.07 Å². The van der Waals surface area contributed by atoms with Crippen LogP contribution in [0, 0.1) is 11.3 Å². The molecule has 19 heavy (non-hydrogen) atoms. The molecule has 100 valence electrons. The molecule has 2 unspecified atom stereocenters. The van der Waals surface area contributed by atoms with Gasteiger partial charge in [0.2, 0.25) is 0 Å². The SMILES string of the molecule is CC1CN(C(=O)c2ccc(CC#N)cc2)CC(C)O1. The topological polar surface area (TPSA) is 53.3 Å². The minimum atomic E-state index is 0.0329. The Hall–Kier alpha value is -1.86. The van der Waals surface area contributed by atoms with Crippen LogP contribution in [-0.4, -0.2) is 36.1 Å². The van der Waals surface area contributed by atoms with Gasteiger partial charge in [-0.2, -0.15) is 5.26 Å². The van der Waals surface area contributed by atoms with Crippen LogP contribution in [0.4, 0.5) is 0 Å². The van der Waals surface area contributed by atoms with Gasteiger partial charge in [-0.15, -0.1) is 0 Å². The largest absolute Gasteiger partial charge is 0.372 e. The van der Waals surface area contributed by atoms with Crippen molar-refractivity contribution in [1.82, 2.24) is 4.90 Å². The highest BCUT2D eigenvalue weighted by molar-refractivity contribution is 5.94. The number of nitrogens with zero attached hydrogens (tertiary/aromatic N) is 2. The molecule has 4 heteroatoms. The third-order valence-electron chi connectivity index (χ3n) is 3.19. The number of rotatable bonds is 2. The van der Waals surface area contributed by atoms with Crippen LogP contribution in [0.15, 0.2) is 24.3 Å².